The number of morpholine rings is 1. The van der Waals surface area contributed by atoms with Crippen molar-refractivity contribution in [2.24, 2.45) is 0 Å². The van der Waals surface area contributed by atoms with Gasteiger partial charge in [-0.15, -0.1) is 0 Å². The molecule has 0 amide bonds. The predicted octanol–water partition coefficient (Wildman–Crippen LogP) is 1.22. The summed E-state index contributed by atoms with van der Waals surface area (Å²) in [7, 11) is 0. The Hall–Kier alpha value is -0.410. The molecule has 0 radical (unpaired) electrons. The molecule has 1 aliphatic heterocycles. The highest BCUT2D eigenvalue weighted by molar-refractivity contribution is 5.85. The molecule has 2 aliphatic rings. The van der Waals surface area contributed by atoms with Gasteiger partial charge in [-0.25, -0.2) is 0 Å². The van der Waals surface area contributed by atoms with E-state index in [4.69, 9.17) is 4.74 Å². The third-order valence-electron chi connectivity index (χ3n) is 3.16. The number of nitrogens with zero attached hydrogens (tertiary/aromatic N) is 1. The molecule has 3 unspecified atom stereocenters. The van der Waals surface area contributed by atoms with Crippen LogP contribution in [-0.4, -0.2) is 42.0 Å². The minimum atomic E-state index is 0.198. The van der Waals surface area contributed by atoms with E-state index >= 15 is 0 Å². The molecule has 2 fully saturated rings. The Morgan fingerprint density at radius 1 is 1.29 bits per heavy atom. The molecular weight excluding hydrogens is 178 g/mol. The Kier molecular flexibility index (Phi) is 2.88. The monoisotopic (exact) mass is 197 g/mol. The van der Waals surface area contributed by atoms with E-state index in [0.29, 0.717) is 5.78 Å². The summed E-state index contributed by atoms with van der Waals surface area (Å²) in [5.41, 5.74) is 0. The average Bonchev–Trinajstić information content (AvgIpc) is 2.49. The number of ether oxygens (including phenoxy) is 1. The Morgan fingerprint density at radius 2 is 1.93 bits per heavy atom. The van der Waals surface area contributed by atoms with Crippen molar-refractivity contribution < 1.29 is 9.53 Å². The molecule has 0 spiro atoms. The second kappa shape index (κ2) is 3.99. The van der Waals surface area contributed by atoms with Crippen LogP contribution >= 0.6 is 0 Å². The van der Waals surface area contributed by atoms with Crippen molar-refractivity contribution in [2.75, 3.05) is 13.1 Å². The van der Waals surface area contributed by atoms with Gasteiger partial charge in [0.05, 0.1) is 18.2 Å². The number of carbonyl (C=O) groups is 1. The first-order valence-corrected chi connectivity index (χ1v) is 5.59. The Balaban J connectivity index is 1.99. The molecule has 3 nitrogen and oxygen atoms in total. The minimum Gasteiger partial charge on any atom is -0.373 e. The van der Waals surface area contributed by atoms with E-state index in [0.717, 1.165) is 32.4 Å². The molecule has 0 N–H and O–H groups in total. The summed E-state index contributed by atoms with van der Waals surface area (Å²) < 4.78 is 5.66. The molecule has 1 aliphatic carbocycles. The third kappa shape index (κ3) is 1.98. The maximum Gasteiger partial charge on any atom is 0.149 e. The fourth-order valence-corrected chi connectivity index (χ4v) is 2.66. The fraction of sp³-hybridized carbons (Fsp3) is 0.909. The van der Waals surface area contributed by atoms with Crippen molar-refractivity contribution >= 4 is 5.78 Å². The van der Waals surface area contributed by atoms with Crippen LogP contribution in [0.2, 0.25) is 0 Å². The van der Waals surface area contributed by atoms with Crippen LogP contribution in [0.1, 0.15) is 33.1 Å². The largest absolute Gasteiger partial charge is 0.373 e. The molecule has 0 aromatic carbocycles. The second-order valence-electron chi connectivity index (χ2n) is 4.59. The molecule has 1 saturated carbocycles. The lowest BCUT2D eigenvalue weighted by atomic mass is 10.1. The van der Waals surface area contributed by atoms with Gasteiger partial charge in [0, 0.05) is 19.5 Å². The highest BCUT2D eigenvalue weighted by atomic mass is 16.5. The summed E-state index contributed by atoms with van der Waals surface area (Å²) in [6.45, 7) is 6.01. The lowest BCUT2D eigenvalue weighted by Gasteiger charge is -2.38. The van der Waals surface area contributed by atoms with Gasteiger partial charge in [-0.3, -0.25) is 9.69 Å². The molecular formula is C11H19NO2. The van der Waals surface area contributed by atoms with Gasteiger partial charge in [-0.1, -0.05) is 0 Å². The number of hydrogen-bond acceptors (Lipinski definition) is 3. The van der Waals surface area contributed by atoms with E-state index in [1.165, 1.54) is 0 Å². The van der Waals surface area contributed by atoms with E-state index < -0.39 is 0 Å². The van der Waals surface area contributed by atoms with Gasteiger partial charge in [0.2, 0.25) is 0 Å². The first kappa shape index (κ1) is 10.1. The van der Waals surface area contributed by atoms with Crippen molar-refractivity contribution in [2.45, 2.75) is 51.4 Å². The SMILES string of the molecule is CC1CN(C2CCCC2=O)CC(C)O1. The predicted molar refractivity (Wildman–Crippen MR) is 54.2 cm³/mol. The topological polar surface area (TPSA) is 29.5 Å². The van der Waals surface area contributed by atoms with Gasteiger partial charge in [0.1, 0.15) is 5.78 Å². The van der Waals surface area contributed by atoms with Crippen LogP contribution < -0.4 is 0 Å². The zero-order valence-corrected chi connectivity index (χ0v) is 9.03. The number of hydrogen-bond donors (Lipinski definition) is 0. The summed E-state index contributed by atoms with van der Waals surface area (Å²) in [6, 6.07) is 0.198. The van der Waals surface area contributed by atoms with Crippen molar-refractivity contribution in [3.05, 3.63) is 0 Å². The summed E-state index contributed by atoms with van der Waals surface area (Å²) >= 11 is 0. The summed E-state index contributed by atoms with van der Waals surface area (Å²) in [6.07, 6.45) is 3.45. The van der Waals surface area contributed by atoms with Crippen molar-refractivity contribution in [1.82, 2.24) is 4.90 Å². The molecule has 2 rings (SSSR count). The first-order valence-electron chi connectivity index (χ1n) is 5.59. The zero-order chi connectivity index (χ0) is 10.1. The molecule has 1 heterocycles. The van der Waals surface area contributed by atoms with Crippen molar-refractivity contribution in [3.8, 4) is 0 Å². The van der Waals surface area contributed by atoms with Crippen LogP contribution in [0.25, 0.3) is 0 Å². The van der Waals surface area contributed by atoms with Gasteiger partial charge < -0.3 is 4.74 Å². The molecule has 3 atom stereocenters. The van der Waals surface area contributed by atoms with E-state index in [-0.39, 0.29) is 18.2 Å². The Labute approximate surface area is 85.4 Å². The van der Waals surface area contributed by atoms with Crippen LogP contribution in [0, 0.1) is 0 Å². The zero-order valence-electron chi connectivity index (χ0n) is 9.03. The van der Waals surface area contributed by atoms with Crippen LogP contribution in [0.15, 0.2) is 0 Å². The summed E-state index contributed by atoms with van der Waals surface area (Å²) in [4.78, 5) is 13.9. The smallest absolute Gasteiger partial charge is 0.149 e. The van der Waals surface area contributed by atoms with E-state index in [9.17, 15) is 4.79 Å². The first-order chi connectivity index (χ1) is 6.66. The van der Waals surface area contributed by atoms with E-state index in [1.807, 2.05) is 0 Å². The fourth-order valence-electron chi connectivity index (χ4n) is 2.66. The lowest BCUT2D eigenvalue weighted by Crippen LogP contribution is -2.51. The molecule has 0 aromatic heterocycles. The third-order valence-corrected chi connectivity index (χ3v) is 3.16. The minimum absolute atomic E-state index is 0.198. The van der Waals surface area contributed by atoms with Gasteiger partial charge in [-0.05, 0) is 26.7 Å². The maximum atomic E-state index is 11.6. The Bertz CT molecular complexity index is 219. The van der Waals surface area contributed by atoms with Crippen LogP contribution in [0.4, 0.5) is 0 Å². The average molecular weight is 197 g/mol. The summed E-state index contributed by atoms with van der Waals surface area (Å²) in [5.74, 6) is 0.436. The van der Waals surface area contributed by atoms with Crippen molar-refractivity contribution in [3.63, 3.8) is 0 Å². The number of carbonyl (C=O) groups excluding carboxylic acids is 1. The van der Waals surface area contributed by atoms with Crippen LogP contribution in [-0.2, 0) is 9.53 Å². The quantitative estimate of drug-likeness (QED) is 0.633. The molecule has 3 heteroatoms. The van der Waals surface area contributed by atoms with Gasteiger partial charge in [0.25, 0.3) is 0 Å². The van der Waals surface area contributed by atoms with Crippen molar-refractivity contribution in [1.29, 1.82) is 0 Å². The van der Waals surface area contributed by atoms with Gasteiger partial charge in [0.15, 0.2) is 0 Å². The Morgan fingerprint density at radius 3 is 2.43 bits per heavy atom. The molecule has 1 saturated heterocycles. The molecule has 80 valence electrons. The van der Waals surface area contributed by atoms with Crippen LogP contribution in [0.5, 0.6) is 0 Å². The highest BCUT2D eigenvalue weighted by Gasteiger charge is 2.34. The van der Waals surface area contributed by atoms with E-state index in [1.54, 1.807) is 0 Å². The van der Waals surface area contributed by atoms with E-state index in [2.05, 4.69) is 18.7 Å². The standard InChI is InChI=1S/C11H19NO2/c1-8-6-12(7-9(2)14-8)10-4-3-5-11(10)13/h8-10H,3-7H2,1-2H3. The summed E-state index contributed by atoms with van der Waals surface area (Å²) in [5, 5.41) is 0. The highest BCUT2D eigenvalue weighted by Crippen LogP contribution is 2.23. The molecule has 0 aromatic rings. The number of rotatable bonds is 1. The van der Waals surface area contributed by atoms with Gasteiger partial charge in [-0.2, -0.15) is 0 Å². The number of Topliss-reactive ketones (excluding diaryl/α,β-unsaturated/α-hetero) is 1. The lowest BCUT2D eigenvalue weighted by molar-refractivity contribution is -0.127. The normalized spacial score (nSPS) is 40.4. The molecule has 14 heavy (non-hydrogen) atoms. The maximum absolute atomic E-state index is 11.6. The van der Waals surface area contributed by atoms with Gasteiger partial charge >= 0.3 is 0 Å². The number of ketones is 1. The molecule has 0 bridgehead atoms. The van der Waals surface area contributed by atoms with Crippen LogP contribution in [0.3, 0.4) is 0 Å². The second-order valence-corrected chi connectivity index (χ2v) is 4.59.